The van der Waals surface area contributed by atoms with Crippen LogP contribution in [0.2, 0.25) is 0 Å². The lowest BCUT2D eigenvalue weighted by Crippen LogP contribution is -2.35. The molecule has 2 aliphatic carbocycles. The van der Waals surface area contributed by atoms with Gasteiger partial charge in [0.15, 0.2) is 0 Å². The Kier molecular flexibility index (Phi) is 8.53. The van der Waals surface area contributed by atoms with Crippen LogP contribution in [-0.4, -0.2) is 29.3 Å². The van der Waals surface area contributed by atoms with E-state index in [2.05, 4.69) is 35.7 Å². The highest BCUT2D eigenvalue weighted by atomic mass is 16.6. The molecule has 7 nitrogen and oxygen atoms in total. The maximum atomic E-state index is 13.2. The summed E-state index contributed by atoms with van der Waals surface area (Å²) in [5, 5.41) is 10.5. The summed E-state index contributed by atoms with van der Waals surface area (Å²) in [6.07, 6.45) is 5.45. The topological polar surface area (TPSA) is 93.5 Å². The van der Waals surface area contributed by atoms with E-state index in [1.165, 1.54) is 12.0 Å². The van der Waals surface area contributed by atoms with Crippen LogP contribution in [0.3, 0.4) is 0 Å². The molecular weight excluding hydrogens is 478 g/mol. The van der Waals surface area contributed by atoms with Gasteiger partial charge in [-0.25, -0.2) is 4.79 Å². The average Bonchev–Trinajstić information content (AvgIpc) is 3.52. The lowest BCUT2D eigenvalue weighted by molar-refractivity contribution is -0.116. The minimum Gasteiger partial charge on any atom is -0.444 e. The molecule has 1 aromatic heterocycles. The van der Waals surface area contributed by atoms with E-state index in [1.54, 1.807) is 0 Å². The van der Waals surface area contributed by atoms with Crippen LogP contribution in [0.15, 0.2) is 22.7 Å². The Bertz CT molecular complexity index is 1140. The Morgan fingerprint density at radius 1 is 1.13 bits per heavy atom. The van der Waals surface area contributed by atoms with Crippen LogP contribution in [0.4, 0.5) is 10.5 Å². The Balaban J connectivity index is 1.53. The first-order valence-electron chi connectivity index (χ1n) is 14.2. The largest absolute Gasteiger partial charge is 0.444 e. The molecule has 2 fully saturated rings. The number of anilines is 1. The third-order valence-corrected chi connectivity index (χ3v) is 7.55. The van der Waals surface area contributed by atoms with Gasteiger partial charge in [0, 0.05) is 36.1 Å². The fraction of sp³-hybridized carbons (Fsp3) is 0.645. The van der Waals surface area contributed by atoms with Gasteiger partial charge in [-0.2, -0.15) is 0 Å². The van der Waals surface area contributed by atoms with Crippen LogP contribution >= 0.6 is 0 Å². The first-order valence-corrected chi connectivity index (χ1v) is 14.2. The second-order valence-electron chi connectivity index (χ2n) is 12.9. The molecule has 1 aromatic carbocycles. The zero-order valence-electron chi connectivity index (χ0n) is 24.1. The van der Waals surface area contributed by atoms with Gasteiger partial charge < -0.3 is 19.9 Å². The van der Waals surface area contributed by atoms with Crippen molar-refractivity contribution in [3.05, 3.63) is 46.3 Å². The lowest BCUT2D eigenvalue weighted by Gasteiger charge is -2.35. The predicted molar refractivity (Wildman–Crippen MR) is 150 cm³/mol. The molecule has 0 saturated heterocycles. The molecule has 0 spiro atoms. The van der Waals surface area contributed by atoms with E-state index in [0.29, 0.717) is 17.8 Å². The van der Waals surface area contributed by atoms with Crippen molar-refractivity contribution in [2.24, 2.45) is 11.8 Å². The molecule has 2 aliphatic rings. The van der Waals surface area contributed by atoms with Crippen molar-refractivity contribution >= 4 is 17.7 Å². The molecule has 208 valence electrons. The number of rotatable bonds is 10. The summed E-state index contributed by atoms with van der Waals surface area (Å²) < 4.78 is 11.5. The molecule has 38 heavy (non-hydrogen) atoms. The fourth-order valence-corrected chi connectivity index (χ4v) is 5.67. The summed E-state index contributed by atoms with van der Waals surface area (Å²) in [5.41, 5.74) is 4.38. The van der Waals surface area contributed by atoms with Crippen molar-refractivity contribution in [2.45, 2.75) is 110 Å². The van der Waals surface area contributed by atoms with Gasteiger partial charge in [0.1, 0.15) is 11.4 Å². The van der Waals surface area contributed by atoms with Crippen LogP contribution in [0.25, 0.3) is 0 Å². The van der Waals surface area contributed by atoms with Gasteiger partial charge in [-0.05, 0) is 96.1 Å². The molecule has 2 N–H and O–H groups in total. The third-order valence-electron chi connectivity index (χ3n) is 7.55. The molecule has 0 aliphatic heterocycles. The van der Waals surface area contributed by atoms with Crippen LogP contribution in [0.5, 0.6) is 0 Å². The standard InChI is InChI=1S/C31H45N3O4/c1-18(2)12-21-14-23(15-21)29-27(22-9-10-22)28(34-38-29)24(17-32-30(36)37-31(5,6)7)16-26(35)33-25-11-8-19(3)13-20(25)4/h8,11,13,18,21-24H,9-10,12,14-17H2,1-7H3,(H,32,36)(H,33,35)/t21?,23?,24-/m1/s1. The number of nitrogens with zero attached hydrogens (tertiary/aromatic N) is 1. The van der Waals surface area contributed by atoms with Crippen molar-refractivity contribution in [3.63, 3.8) is 0 Å². The molecule has 1 atom stereocenters. The number of hydrogen-bond acceptors (Lipinski definition) is 5. The Morgan fingerprint density at radius 2 is 1.84 bits per heavy atom. The monoisotopic (exact) mass is 523 g/mol. The van der Waals surface area contributed by atoms with Gasteiger partial charge in [0.05, 0.1) is 5.69 Å². The number of benzene rings is 1. The number of hydrogen-bond donors (Lipinski definition) is 2. The SMILES string of the molecule is Cc1ccc(NC(=O)C[C@H](CNC(=O)OC(C)(C)C)c2noc(C3CC(CC(C)C)C3)c2C2CC2)c(C)c1. The molecule has 2 amide bonds. The minimum absolute atomic E-state index is 0.111. The minimum atomic E-state index is -0.600. The number of aromatic nitrogens is 1. The lowest BCUT2D eigenvalue weighted by atomic mass is 9.69. The van der Waals surface area contributed by atoms with Gasteiger partial charge in [-0.3, -0.25) is 4.79 Å². The highest BCUT2D eigenvalue weighted by Gasteiger charge is 2.41. The Hall–Kier alpha value is -2.83. The van der Waals surface area contributed by atoms with Gasteiger partial charge in [-0.1, -0.05) is 36.7 Å². The van der Waals surface area contributed by atoms with E-state index in [4.69, 9.17) is 9.26 Å². The number of ether oxygens (including phenoxy) is 1. The molecule has 2 aromatic rings. The van der Waals surface area contributed by atoms with E-state index in [-0.39, 0.29) is 24.8 Å². The van der Waals surface area contributed by atoms with Gasteiger partial charge >= 0.3 is 6.09 Å². The van der Waals surface area contributed by atoms with Crippen molar-refractivity contribution in [2.75, 3.05) is 11.9 Å². The molecule has 0 radical (unpaired) electrons. The normalized spacial score (nSPS) is 20.1. The van der Waals surface area contributed by atoms with E-state index in [1.807, 2.05) is 46.8 Å². The molecule has 7 heteroatoms. The number of nitrogens with one attached hydrogen (secondary N) is 2. The average molecular weight is 524 g/mol. The van der Waals surface area contributed by atoms with Gasteiger partial charge in [0.2, 0.25) is 5.91 Å². The summed E-state index contributed by atoms with van der Waals surface area (Å²) in [7, 11) is 0. The maximum absolute atomic E-state index is 13.2. The van der Waals surface area contributed by atoms with Crippen molar-refractivity contribution < 1.29 is 18.8 Å². The van der Waals surface area contributed by atoms with Crippen molar-refractivity contribution in [1.82, 2.24) is 10.5 Å². The summed E-state index contributed by atoms with van der Waals surface area (Å²) in [5.74, 6) is 2.87. The van der Waals surface area contributed by atoms with Gasteiger partial charge in [-0.15, -0.1) is 0 Å². The zero-order chi connectivity index (χ0) is 27.6. The third kappa shape index (κ3) is 7.39. The molecular formula is C31H45N3O4. The number of alkyl carbamates (subject to hydrolysis) is 1. The second-order valence-corrected chi connectivity index (χ2v) is 12.9. The smallest absolute Gasteiger partial charge is 0.407 e. The van der Waals surface area contributed by atoms with Crippen LogP contribution in [0.1, 0.15) is 119 Å². The fourth-order valence-electron chi connectivity index (χ4n) is 5.67. The van der Waals surface area contributed by atoms with E-state index in [9.17, 15) is 9.59 Å². The first-order chi connectivity index (χ1) is 17.9. The van der Waals surface area contributed by atoms with E-state index in [0.717, 1.165) is 59.9 Å². The van der Waals surface area contributed by atoms with Crippen molar-refractivity contribution in [1.29, 1.82) is 0 Å². The molecule has 0 unspecified atom stereocenters. The van der Waals surface area contributed by atoms with Crippen LogP contribution in [0, 0.1) is 25.7 Å². The van der Waals surface area contributed by atoms with E-state index >= 15 is 0 Å². The summed E-state index contributed by atoms with van der Waals surface area (Å²) >= 11 is 0. The zero-order valence-corrected chi connectivity index (χ0v) is 24.1. The number of carbonyl (C=O) groups excluding carboxylic acids is 2. The predicted octanol–water partition coefficient (Wildman–Crippen LogP) is 7.35. The second kappa shape index (κ2) is 11.5. The molecule has 0 bridgehead atoms. The van der Waals surface area contributed by atoms with Gasteiger partial charge in [0.25, 0.3) is 0 Å². The Labute approximate surface area is 227 Å². The van der Waals surface area contributed by atoms with Crippen LogP contribution < -0.4 is 10.6 Å². The Morgan fingerprint density at radius 3 is 2.45 bits per heavy atom. The quantitative estimate of drug-likeness (QED) is 0.340. The number of carbonyl (C=O) groups is 2. The summed E-state index contributed by atoms with van der Waals surface area (Å²) in [6.45, 7) is 14.3. The number of aryl methyl sites for hydroxylation is 2. The highest BCUT2D eigenvalue weighted by molar-refractivity contribution is 5.92. The molecule has 1 heterocycles. The van der Waals surface area contributed by atoms with E-state index < -0.39 is 11.7 Å². The number of amides is 2. The summed E-state index contributed by atoms with van der Waals surface area (Å²) in [6, 6.07) is 5.98. The van der Waals surface area contributed by atoms with Crippen molar-refractivity contribution in [3.8, 4) is 0 Å². The first kappa shape index (κ1) is 28.2. The molecule has 2 saturated carbocycles. The summed E-state index contributed by atoms with van der Waals surface area (Å²) in [4.78, 5) is 25.7. The maximum Gasteiger partial charge on any atom is 0.407 e. The molecule has 4 rings (SSSR count). The van der Waals surface area contributed by atoms with Crippen LogP contribution in [-0.2, 0) is 9.53 Å². The highest BCUT2D eigenvalue weighted by Crippen LogP contribution is 2.52.